The first-order chi connectivity index (χ1) is 14.8. The van der Waals surface area contributed by atoms with Gasteiger partial charge in [0.15, 0.2) is 0 Å². The van der Waals surface area contributed by atoms with Crippen LogP contribution in [0.5, 0.6) is 0 Å². The van der Waals surface area contributed by atoms with Crippen molar-refractivity contribution in [2.45, 2.75) is 83.5 Å². The number of anilines is 1. The molecule has 2 heteroatoms. The minimum absolute atomic E-state index is 0.0816. The van der Waals surface area contributed by atoms with Gasteiger partial charge in [-0.3, -0.25) is 4.90 Å². The molecule has 0 bridgehead atoms. The van der Waals surface area contributed by atoms with Gasteiger partial charge in [0, 0.05) is 21.4 Å². The Morgan fingerprint density at radius 3 is 2.46 bits per heavy atom. The molecule has 1 aliphatic carbocycles. The van der Waals surface area contributed by atoms with Crippen LogP contribution in [0.15, 0.2) is 48.5 Å². The first-order valence-corrected chi connectivity index (χ1v) is 11.0. The molecule has 148 valence electrons. The molecule has 4 atom stereocenters. The van der Waals surface area contributed by atoms with Gasteiger partial charge in [-0.25, -0.2) is 0 Å². The largest absolute Gasteiger partial charge is 0.351 e. The highest BCUT2D eigenvalue weighted by Gasteiger charge is 2.59. The van der Waals surface area contributed by atoms with Gasteiger partial charge in [0.25, 0.3) is 0 Å². The predicted molar refractivity (Wildman–Crippen MR) is 118 cm³/mol. The summed E-state index contributed by atoms with van der Waals surface area (Å²) in [6, 6.07) is 17.2. The zero-order chi connectivity index (χ0) is 22.0. The normalized spacial score (nSPS) is 35.2. The third-order valence-electron chi connectivity index (χ3n) is 7.88. The van der Waals surface area contributed by atoms with Gasteiger partial charge < -0.3 is 4.90 Å². The van der Waals surface area contributed by atoms with Gasteiger partial charge in [-0.05, 0) is 69.1 Å². The molecule has 2 heterocycles. The van der Waals surface area contributed by atoms with E-state index in [1.807, 2.05) is 12.1 Å². The second kappa shape index (κ2) is 6.62. The third-order valence-corrected chi connectivity index (χ3v) is 7.88. The molecule has 5 rings (SSSR count). The van der Waals surface area contributed by atoms with Gasteiger partial charge in [-0.2, -0.15) is 0 Å². The Labute approximate surface area is 174 Å². The van der Waals surface area contributed by atoms with Gasteiger partial charge in [0.2, 0.25) is 0 Å². The lowest BCUT2D eigenvalue weighted by molar-refractivity contribution is 0.00980. The van der Waals surface area contributed by atoms with E-state index >= 15 is 0 Å². The Kier molecular flexibility index (Phi) is 3.57. The Hall–Kier alpha value is -1.80. The highest BCUT2D eigenvalue weighted by atomic mass is 15.5. The number of benzene rings is 2. The molecule has 0 radical (unpaired) electrons. The minimum atomic E-state index is -2.11. The summed E-state index contributed by atoms with van der Waals surface area (Å²) < 4.78 is 26.0. The van der Waals surface area contributed by atoms with E-state index in [9.17, 15) is 0 Å². The number of rotatable bonds is 2. The van der Waals surface area contributed by atoms with E-state index in [1.54, 1.807) is 0 Å². The van der Waals surface area contributed by atoms with Crippen LogP contribution in [0.3, 0.4) is 0 Å². The first kappa shape index (κ1) is 15.1. The van der Waals surface area contributed by atoms with E-state index in [0.717, 1.165) is 11.3 Å². The number of fused-ring (bicyclic) bond motifs is 3. The van der Waals surface area contributed by atoms with Crippen molar-refractivity contribution >= 4 is 5.69 Å². The van der Waals surface area contributed by atoms with Crippen LogP contribution in [0, 0.1) is 12.8 Å². The average molecular weight is 378 g/mol. The zero-order valence-corrected chi connectivity index (χ0v) is 17.4. The Bertz CT molecular complexity index is 965. The molecular weight excluding hydrogens is 340 g/mol. The summed E-state index contributed by atoms with van der Waals surface area (Å²) >= 11 is 0. The van der Waals surface area contributed by atoms with Crippen molar-refractivity contribution in [3.05, 3.63) is 65.2 Å². The lowest BCUT2D eigenvalue weighted by Gasteiger charge is -2.47. The van der Waals surface area contributed by atoms with E-state index < -0.39 is 13.0 Å². The van der Waals surface area contributed by atoms with Crippen LogP contribution in [0.2, 0.25) is 0 Å². The maximum absolute atomic E-state index is 8.67. The Balaban J connectivity index is 1.72. The third kappa shape index (κ3) is 2.37. The van der Waals surface area contributed by atoms with E-state index in [2.05, 4.69) is 67.0 Å². The number of hydrogen-bond acceptors (Lipinski definition) is 2. The quantitative estimate of drug-likeness (QED) is 0.597. The van der Waals surface area contributed by atoms with Gasteiger partial charge in [0.05, 0.1) is 12.2 Å². The fourth-order valence-electron chi connectivity index (χ4n) is 6.50. The summed E-state index contributed by atoms with van der Waals surface area (Å²) in [7, 11) is 0. The summed E-state index contributed by atoms with van der Waals surface area (Å²) in [4.78, 5) is 4.63. The van der Waals surface area contributed by atoms with Crippen LogP contribution < -0.4 is 4.90 Å². The molecule has 2 aromatic rings. The molecule has 2 fully saturated rings. The molecule has 1 saturated heterocycles. The molecule has 2 aromatic carbocycles. The van der Waals surface area contributed by atoms with Gasteiger partial charge in [-0.1, -0.05) is 61.7 Å². The lowest BCUT2D eigenvalue weighted by Crippen LogP contribution is -2.50. The van der Waals surface area contributed by atoms with Crippen LogP contribution in [-0.4, -0.2) is 17.1 Å². The fourth-order valence-corrected chi connectivity index (χ4v) is 6.50. The van der Waals surface area contributed by atoms with Crippen molar-refractivity contribution < 1.29 is 4.11 Å². The summed E-state index contributed by atoms with van der Waals surface area (Å²) in [6.45, 7) is 4.55. The summed E-state index contributed by atoms with van der Waals surface area (Å²) in [5, 5.41) is 0. The number of hydrogen-bond donors (Lipinski definition) is 0. The number of para-hydroxylation sites is 1. The van der Waals surface area contributed by atoms with Crippen LogP contribution in [-0.2, 0) is 5.54 Å². The van der Waals surface area contributed by atoms with Crippen molar-refractivity contribution in [2.75, 3.05) is 4.90 Å². The van der Waals surface area contributed by atoms with Crippen molar-refractivity contribution in [2.24, 2.45) is 5.92 Å². The topological polar surface area (TPSA) is 6.48 Å². The smallest absolute Gasteiger partial charge is 0.0809 e. The lowest BCUT2D eigenvalue weighted by atomic mass is 9.72. The maximum Gasteiger partial charge on any atom is 0.0809 e. The van der Waals surface area contributed by atoms with Crippen molar-refractivity contribution in [1.29, 1.82) is 0 Å². The van der Waals surface area contributed by atoms with E-state index in [0.29, 0.717) is 5.92 Å². The Morgan fingerprint density at radius 2 is 1.71 bits per heavy atom. The average Bonchev–Trinajstić information content (AvgIpc) is 3.21. The number of nitrogens with zero attached hydrogens (tertiary/aromatic N) is 2. The van der Waals surface area contributed by atoms with Crippen molar-refractivity contribution in [1.82, 2.24) is 4.90 Å². The molecular formula is C26H34N2. The molecule has 2 aliphatic heterocycles. The van der Waals surface area contributed by atoms with Gasteiger partial charge in [-0.15, -0.1) is 0 Å². The van der Waals surface area contributed by atoms with Gasteiger partial charge in [0.1, 0.15) is 0 Å². The van der Waals surface area contributed by atoms with Crippen LogP contribution >= 0.6 is 0 Å². The fraction of sp³-hybridized carbons (Fsp3) is 0.538. The molecule has 0 N–H and O–H groups in total. The monoisotopic (exact) mass is 377 g/mol. The predicted octanol–water partition coefficient (Wildman–Crippen LogP) is 6.40. The maximum atomic E-state index is 8.67. The van der Waals surface area contributed by atoms with E-state index in [-0.39, 0.29) is 17.6 Å². The minimum Gasteiger partial charge on any atom is -0.351 e. The molecule has 0 spiro atoms. The van der Waals surface area contributed by atoms with Crippen molar-refractivity contribution in [3.8, 4) is 0 Å². The van der Waals surface area contributed by atoms with Crippen LogP contribution in [0.25, 0.3) is 0 Å². The van der Waals surface area contributed by atoms with Crippen molar-refractivity contribution in [3.63, 3.8) is 0 Å². The summed E-state index contributed by atoms with van der Waals surface area (Å²) in [6.07, 6.45) is 5.52. The van der Waals surface area contributed by atoms with E-state index in [1.165, 1.54) is 43.2 Å². The Morgan fingerprint density at radius 1 is 1.00 bits per heavy atom. The molecule has 0 aromatic heterocycles. The van der Waals surface area contributed by atoms with Gasteiger partial charge >= 0.3 is 0 Å². The van der Waals surface area contributed by atoms with Crippen LogP contribution in [0.1, 0.15) is 79.6 Å². The molecule has 3 aliphatic rings. The molecule has 0 amide bonds. The standard InChI is InChI=1S/C26H34N2/c1-18-12-8-11-17-24(18)27-19(2)25-22-15-9-10-16-23(22)26(4,28(25)20(27)3)21-13-6-5-7-14-21/h8-12,15-17,19-21,25H,5-7,13-14H2,1-4H3/t19-,20?,25?,26?/m0/s1/i3D3. The first-order valence-electron chi connectivity index (χ1n) is 12.5. The second-order valence-corrected chi connectivity index (χ2v) is 9.23. The SMILES string of the molecule is [2H]C([2H])([2H])C1N(c2ccccc2C)[C@@H](C)C2c3ccccc3C(C)(C3CCCCC3)N21. The van der Waals surface area contributed by atoms with E-state index in [4.69, 9.17) is 4.11 Å². The zero-order valence-electron chi connectivity index (χ0n) is 20.4. The highest BCUT2D eigenvalue weighted by molar-refractivity contribution is 5.58. The summed E-state index contributed by atoms with van der Waals surface area (Å²) in [5.41, 5.74) is 4.61. The van der Waals surface area contributed by atoms with Crippen LogP contribution in [0.4, 0.5) is 5.69 Å². The number of aryl methyl sites for hydroxylation is 1. The molecule has 3 unspecified atom stereocenters. The highest BCUT2D eigenvalue weighted by Crippen LogP contribution is 2.59. The molecule has 28 heavy (non-hydrogen) atoms. The molecule has 2 nitrogen and oxygen atoms in total. The molecule has 1 saturated carbocycles. The summed E-state index contributed by atoms with van der Waals surface area (Å²) in [5.74, 6) is 0.487. The second-order valence-electron chi connectivity index (χ2n) is 9.23.